The normalized spacial score (nSPS) is 20.9. The van der Waals surface area contributed by atoms with Crippen LogP contribution in [0.1, 0.15) is 60.0 Å². The molecule has 39 heavy (non-hydrogen) atoms. The standard InChI is InChI=1S/C34H38ClN3O/c35-28-11-6-10-27(20-28)23-36-34(39)32-24-37(33-13-5-4-12-31(32)33)18-7-19-38-29-16-17-30(38)22-26(21-29)15-14-25-8-2-1-3-9-25/h1-6,8-13,20,24,26,29-30H,7,14-19,21-23H2,(H,36,39). The zero-order valence-corrected chi connectivity index (χ0v) is 23.3. The summed E-state index contributed by atoms with van der Waals surface area (Å²) in [5.74, 6) is 0.820. The van der Waals surface area contributed by atoms with Crippen molar-refractivity contribution in [1.82, 2.24) is 14.8 Å². The third kappa shape index (κ3) is 6.08. The Bertz CT molecular complexity index is 1400. The number of nitrogens with zero attached hydrogens (tertiary/aromatic N) is 2. The predicted molar refractivity (Wildman–Crippen MR) is 160 cm³/mol. The van der Waals surface area contributed by atoms with Crippen molar-refractivity contribution < 1.29 is 4.79 Å². The van der Waals surface area contributed by atoms with Gasteiger partial charge in [-0.25, -0.2) is 0 Å². The van der Waals surface area contributed by atoms with E-state index < -0.39 is 0 Å². The number of aryl methyl sites for hydroxylation is 2. The van der Waals surface area contributed by atoms with Gasteiger partial charge >= 0.3 is 0 Å². The number of carbonyl (C=O) groups excluding carboxylic acids is 1. The van der Waals surface area contributed by atoms with Gasteiger partial charge in [-0.05, 0) is 80.2 Å². The molecule has 1 N–H and O–H groups in total. The van der Waals surface area contributed by atoms with Gasteiger partial charge in [0.2, 0.25) is 0 Å². The highest BCUT2D eigenvalue weighted by Crippen LogP contribution is 2.40. The maximum Gasteiger partial charge on any atom is 0.253 e. The summed E-state index contributed by atoms with van der Waals surface area (Å²) in [5, 5.41) is 4.78. The van der Waals surface area contributed by atoms with Crippen LogP contribution in [-0.4, -0.2) is 34.0 Å². The van der Waals surface area contributed by atoms with Gasteiger partial charge in [0.15, 0.2) is 0 Å². The number of halogens is 1. The highest BCUT2D eigenvalue weighted by atomic mass is 35.5. The molecule has 4 aromatic rings. The summed E-state index contributed by atoms with van der Waals surface area (Å²) in [6.45, 7) is 2.53. The number of nitrogens with one attached hydrogen (secondary N) is 1. The number of rotatable bonds is 10. The largest absolute Gasteiger partial charge is 0.348 e. The second-order valence-corrected chi connectivity index (χ2v) is 11.8. The van der Waals surface area contributed by atoms with Gasteiger partial charge in [0.1, 0.15) is 0 Å². The smallest absolute Gasteiger partial charge is 0.253 e. The quantitative estimate of drug-likeness (QED) is 0.227. The minimum Gasteiger partial charge on any atom is -0.348 e. The summed E-state index contributed by atoms with van der Waals surface area (Å²) in [6, 6.07) is 28.4. The van der Waals surface area contributed by atoms with Crippen molar-refractivity contribution in [3.63, 3.8) is 0 Å². The fraction of sp³-hybridized carbons (Fsp3) is 0.382. The molecule has 1 amide bonds. The van der Waals surface area contributed by atoms with Crippen molar-refractivity contribution in [2.45, 2.75) is 70.1 Å². The van der Waals surface area contributed by atoms with E-state index in [1.165, 1.54) is 44.1 Å². The number of piperidine rings is 1. The number of para-hydroxylation sites is 1. The Morgan fingerprint density at radius 1 is 0.872 bits per heavy atom. The lowest BCUT2D eigenvalue weighted by atomic mass is 9.86. The van der Waals surface area contributed by atoms with Gasteiger partial charge in [-0.2, -0.15) is 0 Å². The van der Waals surface area contributed by atoms with Crippen LogP contribution in [0.15, 0.2) is 85.1 Å². The van der Waals surface area contributed by atoms with Crippen LogP contribution < -0.4 is 5.32 Å². The van der Waals surface area contributed by atoms with Crippen LogP contribution in [0, 0.1) is 5.92 Å². The average molecular weight is 540 g/mol. The highest BCUT2D eigenvalue weighted by Gasteiger charge is 2.39. The van der Waals surface area contributed by atoms with Gasteiger partial charge in [-0.1, -0.05) is 72.3 Å². The molecule has 2 aliphatic heterocycles. The van der Waals surface area contributed by atoms with Gasteiger partial charge < -0.3 is 9.88 Å². The van der Waals surface area contributed by atoms with E-state index in [2.05, 4.69) is 63.3 Å². The molecule has 5 heteroatoms. The van der Waals surface area contributed by atoms with Crippen LogP contribution >= 0.6 is 11.6 Å². The second kappa shape index (κ2) is 12.0. The summed E-state index contributed by atoms with van der Waals surface area (Å²) >= 11 is 6.11. The Kier molecular flexibility index (Phi) is 8.03. The molecule has 0 spiro atoms. The van der Waals surface area contributed by atoms with Crippen LogP contribution in [0.3, 0.4) is 0 Å². The maximum atomic E-state index is 13.2. The first-order valence-electron chi connectivity index (χ1n) is 14.5. The van der Waals surface area contributed by atoms with Gasteiger partial charge in [0, 0.05) is 53.8 Å². The molecule has 3 heterocycles. The summed E-state index contributed by atoms with van der Waals surface area (Å²) in [7, 11) is 0. The first-order valence-corrected chi connectivity index (χ1v) is 14.9. The molecule has 2 saturated heterocycles. The van der Waals surface area contributed by atoms with E-state index in [9.17, 15) is 4.79 Å². The fourth-order valence-electron chi connectivity index (χ4n) is 6.96. The molecule has 6 rings (SSSR count). The number of aromatic nitrogens is 1. The van der Waals surface area contributed by atoms with Crippen LogP contribution in [0.4, 0.5) is 0 Å². The minimum absolute atomic E-state index is 0.0412. The topological polar surface area (TPSA) is 37.3 Å². The minimum atomic E-state index is -0.0412. The molecule has 202 valence electrons. The zero-order valence-electron chi connectivity index (χ0n) is 22.6. The molecular formula is C34H38ClN3O. The van der Waals surface area contributed by atoms with Gasteiger partial charge in [-0.15, -0.1) is 0 Å². The summed E-state index contributed by atoms with van der Waals surface area (Å²) < 4.78 is 2.28. The maximum absolute atomic E-state index is 13.2. The van der Waals surface area contributed by atoms with Crippen LogP contribution in [0.25, 0.3) is 10.9 Å². The first kappa shape index (κ1) is 26.2. The van der Waals surface area contributed by atoms with E-state index in [1.807, 2.05) is 36.5 Å². The first-order chi connectivity index (χ1) is 19.1. The highest BCUT2D eigenvalue weighted by molar-refractivity contribution is 6.30. The SMILES string of the molecule is O=C(NCc1cccc(Cl)c1)c1cn(CCCN2C3CCC2CC(CCc2ccccc2)C3)c2ccccc12. The summed E-state index contributed by atoms with van der Waals surface area (Å²) in [4.78, 5) is 16.0. The van der Waals surface area contributed by atoms with E-state index in [0.717, 1.165) is 59.5 Å². The van der Waals surface area contributed by atoms with Crippen LogP contribution in [0.2, 0.25) is 5.02 Å². The van der Waals surface area contributed by atoms with Crippen molar-refractivity contribution in [1.29, 1.82) is 0 Å². The molecule has 3 aromatic carbocycles. The second-order valence-electron chi connectivity index (χ2n) is 11.4. The van der Waals surface area contributed by atoms with E-state index in [1.54, 1.807) is 0 Å². The van der Waals surface area contributed by atoms with Crippen molar-refractivity contribution in [3.8, 4) is 0 Å². The lowest BCUT2D eigenvalue weighted by Crippen LogP contribution is -2.43. The summed E-state index contributed by atoms with van der Waals surface area (Å²) in [6.07, 6.45) is 11.1. The molecule has 2 atom stereocenters. The molecular weight excluding hydrogens is 502 g/mol. The Balaban J connectivity index is 1.05. The van der Waals surface area contributed by atoms with E-state index >= 15 is 0 Å². The number of amides is 1. The Labute approximate surface area is 237 Å². The van der Waals surface area contributed by atoms with E-state index in [-0.39, 0.29) is 5.91 Å². The number of hydrogen-bond donors (Lipinski definition) is 1. The Morgan fingerprint density at radius 2 is 1.62 bits per heavy atom. The molecule has 2 unspecified atom stereocenters. The third-order valence-electron chi connectivity index (χ3n) is 8.86. The zero-order chi connectivity index (χ0) is 26.6. The lowest BCUT2D eigenvalue weighted by molar-refractivity contribution is 0.0952. The average Bonchev–Trinajstić information content (AvgIpc) is 3.44. The molecule has 2 aliphatic rings. The predicted octanol–water partition coefficient (Wildman–Crippen LogP) is 7.49. The molecule has 0 radical (unpaired) electrons. The Hall–Kier alpha value is -3.08. The molecule has 2 bridgehead atoms. The van der Waals surface area contributed by atoms with Crippen LogP contribution in [-0.2, 0) is 19.5 Å². The van der Waals surface area contributed by atoms with Crippen molar-refractivity contribution in [2.75, 3.05) is 6.54 Å². The monoisotopic (exact) mass is 539 g/mol. The lowest BCUT2D eigenvalue weighted by Gasteiger charge is -2.39. The summed E-state index contributed by atoms with van der Waals surface area (Å²) in [5.41, 5.74) is 4.35. The van der Waals surface area contributed by atoms with Crippen molar-refractivity contribution in [2.24, 2.45) is 5.92 Å². The molecule has 0 saturated carbocycles. The number of fused-ring (bicyclic) bond motifs is 3. The van der Waals surface area contributed by atoms with E-state index in [4.69, 9.17) is 11.6 Å². The molecule has 1 aromatic heterocycles. The van der Waals surface area contributed by atoms with Gasteiger partial charge in [0.05, 0.1) is 5.56 Å². The van der Waals surface area contributed by atoms with Gasteiger partial charge in [-0.3, -0.25) is 9.69 Å². The molecule has 2 fully saturated rings. The third-order valence-corrected chi connectivity index (χ3v) is 9.09. The van der Waals surface area contributed by atoms with Crippen molar-refractivity contribution >= 4 is 28.4 Å². The van der Waals surface area contributed by atoms with Crippen molar-refractivity contribution in [3.05, 3.63) is 107 Å². The Morgan fingerprint density at radius 3 is 2.41 bits per heavy atom. The number of benzene rings is 3. The molecule has 0 aliphatic carbocycles. The van der Waals surface area contributed by atoms with E-state index in [0.29, 0.717) is 11.6 Å². The number of hydrogen-bond acceptors (Lipinski definition) is 2. The fourth-order valence-corrected chi connectivity index (χ4v) is 7.18. The van der Waals surface area contributed by atoms with Crippen LogP contribution in [0.5, 0.6) is 0 Å². The van der Waals surface area contributed by atoms with Gasteiger partial charge in [0.25, 0.3) is 5.91 Å². The number of carbonyl (C=O) groups is 1. The molecule has 4 nitrogen and oxygen atoms in total.